The van der Waals surface area contributed by atoms with Gasteiger partial charge in [-0.25, -0.2) is 4.98 Å². The maximum Gasteiger partial charge on any atom is 0.265 e. The second-order valence-corrected chi connectivity index (χ2v) is 6.46. The molecule has 0 saturated heterocycles. The normalized spacial score (nSPS) is 14.8. The zero-order valence-electron chi connectivity index (χ0n) is 11.6. The van der Waals surface area contributed by atoms with Crippen molar-refractivity contribution >= 4 is 15.9 Å². The van der Waals surface area contributed by atoms with Gasteiger partial charge in [0.2, 0.25) is 0 Å². The fraction of sp³-hybridized carbons (Fsp3) is 0.375. The van der Waals surface area contributed by atoms with Crippen LogP contribution in [0.4, 0.5) is 0 Å². The van der Waals surface area contributed by atoms with Gasteiger partial charge in [-0.2, -0.15) is 0 Å². The minimum Gasteiger partial charge on any atom is -0.306 e. The fourth-order valence-corrected chi connectivity index (χ4v) is 3.00. The topological polar surface area (TPSA) is 45.8 Å². The molecular formula is C16H17BrN2O. The van der Waals surface area contributed by atoms with Crippen molar-refractivity contribution in [2.45, 2.75) is 38.5 Å². The first-order valence-electron chi connectivity index (χ1n) is 6.96. The van der Waals surface area contributed by atoms with Gasteiger partial charge in [0.1, 0.15) is 10.3 Å². The summed E-state index contributed by atoms with van der Waals surface area (Å²) in [5, 5.41) is 0. The first-order chi connectivity index (χ1) is 9.56. The number of hydrogen-bond donors (Lipinski definition) is 1. The van der Waals surface area contributed by atoms with Gasteiger partial charge < -0.3 is 4.98 Å². The Kier molecular flexibility index (Phi) is 3.50. The van der Waals surface area contributed by atoms with Crippen LogP contribution in [0, 0.1) is 0 Å². The number of aromatic nitrogens is 2. The molecular weight excluding hydrogens is 316 g/mol. The molecule has 0 atom stereocenters. The fourth-order valence-electron chi connectivity index (χ4n) is 2.35. The van der Waals surface area contributed by atoms with Crippen LogP contribution in [-0.4, -0.2) is 9.97 Å². The van der Waals surface area contributed by atoms with Crippen LogP contribution < -0.4 is 5.56 Å². The molecule has 3 nitrogen and oxygen atoms in total. The van der Waals surface area contributed by atoms with Gasteiger partial charge >= 0.3 is 0 Å². The average Bonchev–Trinajstić information content (AvgIpc) is 3.26. The lowest BCUT2D eigenvalue weighted by Crippen LogP contribution is -2.14. The smallest absolute Gasteiger partial charge is 0.265 e. The summed E-state index contributed by atoms with van der Waals surface area (Å²) in [6.45, 7) is 4.08. The minimum atomic E-state index is -0.115. The Balaban J connectivity index is 2.09. The number of rotatable bonds is 3. The van der Waals surface area contributed by atoms with Crippen molar-refractivity contribution in [1.29, 1.82) is 0 Å². The molecule has 1 aliphatic carbocycles. The monoisotopic (exact) mass is 332 g/mol. The summed E-state index contributed by atoms with van der Waals surface area (Å²) in [4.78, 5) is 19.5. The van der Waals surface area contributed by atoms with E-state index in [2.05, 4.69) is 38.0 Å². The van der Waals surface area contributed by atoms with Crippen molar-refractivity contribution in [3.05, 3.63) is 50.3 Å². The lowest BCUT2D eigenvalue weighted by atomic mass is 10.1. The zero-order chi connectivity index (χ0) is 14.3. The van der Waals surface area contributed by atoms with E-state index in [0.29, 0.717) is 16.2 Å². The largest absolute Gasteiger partial charge is 0.306 e. The summed E-state index contributed by atoms with van der Waals surface area (Å²) >= 11 is 3.33. The first kappa shape index (κ1) is 13.6. The van der Waals surface area contributed by atoms with Gasteiger partial charge in [0.05, 0.1) is 5.69 Å². The molecule has 1 aliphatic rings. The van der Waals surface area contributed by atoms with Crippen molar-refractivity contribution in [1.82, 2.24) is 9.97 Å². The Morgan fingerprint density at radius 1 is 1.35 bits per heavy atom. The molecule has 0 aliphatic heterocycles. The number of halogens is 1. The van der Waals surface area contributed by atoms with Gasteiger partial charge in [0.25, 0.3) is 5.56 Å². The molecule has 1 saturated carbocycles. The van der Waals surface area contributed by atoms with Crippen molar-refractivity contribution in [2.75, 3.05) is 0 Å². The molecule has 1 heterocycles. The highest BCUT2D eigenvalue weighted by molar-refractivity contribution is 9.10. The predicted molar refractivity (Wildman–Crippen MR) is 84.1 cm³/mol. The van der Waals surface area contributed by atoms with E-state index in [9.17, 15) is 4.79 Å². The van der Waals surface area contributed by atoms with E-state index in [1.807, 2.05) is 26.0 Å². The molecule has 0 unspecified atom stereocenters. The van der Waals surface area contributed by atoms with E-state index in [0.717, 1.165) is 11.3 Å². The van der Waals surface area contributed by atoms with Crippen LogP contribution in [0.25, 0.3) is 11.4 Å². The lowest BCUT2D eigenvalue weighted by molar-refractivity contribution is 0.803. The van der Waals surface area contributed by atoms with Crippen LogP contribution >= 0.6 is 15.9 Å². The average molecular weight is 333 g/mol. The van der Waals surface area contributed by atoms with Gasteiger partial charge in [-0.3, -0.25) is 4.79 Å². The van der Waals surface area contributed by atoms with E-state index >= 15 is 0 Å². The molecule has 0 bridgehead atoms. The summed E-state index contributed by atoms with van der Waals surface area (Å²) in [6, 6.07) is 8.34. The SMILES string of the molecule is CC(C)c1nc(-c2cccc(C3CC3)c2)[nH]c(=O)c1Br. The van der Waals surface area contributed by atoms with Crippen LogP contribution in [0.1, 0.15) is 49.8 Å². The molecule has 4 heteroatoms. The van der Waals surface area contributed by atoms with Gasteiger partial charge in [-0.15, -0.1) is 0 Å². The van der Waals surface area contributed by atoms with Crippen LogP contribution in [0.2, 0.25) is 0 Å². The second kappa shape index (κ2) is 5.17. The van der Waals surface area contributed by atoms with Crippen LogP contribution in [0.15, 0.2) is 33.5 Å². The highest BCUT2D eigenvalue weighted by atomic mass is 79.9. The summed E-state index contributed by atoms with van der Waals surface area (Å²) in [5.41, 5.74) is 3.02. The third-order valence-corrected chi connectivity index (χ3v) is 4.41. The predicted octanol–water partition coefficient (Wildman–Crippen LogP) is 4.20. The van der Waals surface area contributed by atoms with Crippen molar-refractivity contribution in [3.8, 4) is 11.4 Å². The molecule has 0 amide bonds. The number of benzene rings is 1. The summed E-state index contributed by atoms with van der Waals surface area (Å²) in [6.07, 6.45) is 2.54. The molecule has 0 radical (unpaired) electrons. The summed E-state index contributed by atoms with van der Waals surface area (Å²) < 4.78 is 0.537. The summed E-state index contributed by atoms with van der Waals surface area (Å²) in [7, 11) is 0. The van der Waals surface area contributed by atoms with E-state index in [1.165, 1.54) is 18.4 Å². The number of nitrogens with one attached hydrogen (secondary N) is 1. The molecule has 0 spiro atoms. The maximum absolute atomic E-state index is 12.0. The molecule has 1 aromatic heterocycles. The van der Waals surface area contributed by atoms with Gasteiger partial charge in [-0.05, 0) is 52.2 Å². The third kappa shape index (κ3) is 2.57. The lowest BCUT2D eigenvalue weighted by Gasteiger charge is -2.10. The van der Waals surface area contributed by atoms with Crippen LogP contribution in [-0.2, 0) is 0 Å². The van der Waals surface area contributed by atoms with E-state index in [-0.39, 0.29) is 11.5 Å². The van der Waals surface area contributed by atoms with Crippen molar-refractivity contribution < 1.29 is 0 Å². The molecule has 1 N–H and O–H groups in total. The first-order valence-corrected chi connectivity index (χ1v) is 7.75. The number of H-pyrrole nitrogens is 1. The Labute approximate surface area is 126 Å². The Morgan fingerprint density at radius 3 is 2.75 bits per heavy atom. The molecule has 3 rings (SSSR count). The number of nitrogens with zero attached hydrogens (tertiary/aromatic N) is 1. The van der Waals surface area contributed by atoms with Crippen LogP contribution in [0.5, 0.6) is 0 Å². The van der Waals surface area contributed by atoms with E-state index < -0.39 is 0 Å². The third-order valence-electron chi connectivity index (χ3n) is 3.64. The van der Waals surface area contributed by atoms with Gasteiger partial charge in [-0.1, -0.05) is 32.0 Å². The maximum atomic E-state index is 12.0. The van der Waals surface area contributed by atoms with Gasteiger partial charge in [0.15, 0.2) is 0 Å². The highest BCUT2D eigenvalue weighted by Crippen LogP contribution is 2.40. The Hall–Kier alpha value is -1.42. The highest BCUT2D eigenvalue weighted by Gasteiger charge is 2.23. The Bertz CT molecular complexity index is 702. The quantitative estimate of drug-likeness (QED) is 0.915. The minimum absolute atomic E-state index is 0.115. The number of hydrogen-bond acceptors (Lipinski definition) is 2. The van der Waals surface area contributed by atoms with Gasteiger partial charge in [0, 0.05) is 5.56 Å². The molecule has 2 aromatic rings. The van der Waals surface area contributed by atoms with Crippen molar-refractivity contribution in [2.24, 2.45) is 0 Å². The molecule has 20 heavy (non-hydrogen) atoms. The van der Waals surface area contributed by atoms with E-state index in [4.69, 9.17) is 0 Å². The zero-order valence-corrected chi connectivity index (χ0v) is 13.2. The Morgan fingerprint density at radius 2 is 2.10 bits per heavy atom. The number of aromatic amines is 1. The second-order valence-electron chi connectivity index (χ2n) is 5.67. The van der Waals surface area contributed by atoms with Crippen molar-refractivity contribution in [3.63, 3.8) is 0 Å². The molecule has 1 aromatic carbocycles. The standard InChI is InChI=1S/C16H17BrN2O/c1-9(2)14-13(17)16(20)19-15(18-14)12-5-3-4-11(8-12)10-6-7-10/h3-5,8-10H,6-7H2,1-2H3,(H,18,19,20). The molecule has 104 valence electrons. The summed E-state index contributed by atoms with van der Waals surface area (Å²) in [5.74, 6) is 1.56. The molecule has 1 fully saturated rings. The van der Waals surface area contributed by atoms with Crippen LogP contribution in [0.3, 0.4) is 0 Å². The van der Waals surface area contributed by atoms with E-state index in [1.54, 1.807) is 0 Å².